The van der Waals surface area contributed by atoms with E-state index in [-0.39, 0.29) is 5.41 Å². The van der Waals surface area contributed by atoms with Gasteiger partial charge < -0.3 is 4.42 Å². The van der Waals surface area contributed by atoms with Gasteiger partial charge in [-0.3, -0.25) is 0 Å². The second-order valence-electron chi connectivity index (χ2n) is 13.8. The van der Waals surface area contributed by atoms with Crippen LogP contribution in [0.4, 0.5) is 0 Å². The van der Waals surface area contributed by atoms with E-state index in [2.05, 4.69) is 135 Å². The van der Waals surface area contributed by atoms with Crippen LogP contribution >= 0.6 is 0 Å². The van der Waals surface area contributed by atoms with Crippen LogP contribution in [0.5, 0.6) is 0 Å². The SMILES string of the molecule is CC1(C)c2ccccc2-c2ccc(-c3ccc(-c4cc(-c5ccc6c(c5)oc5ccccc56)nc(-c5ccccc5)n4)c4ccccc34)cc21. The van der Waals surface area contributed by atoms with Gasteiger partial charge in [0.25, 0.3) is 0 Å². The van der Waals surface area contributed by atoms with Gasteiger partial charge in [0, 0.05) is 32.9 Å². The van der Waals surface area contributed by atoms with Crippen molar-refractivity contribution in [1.29, 1.82) is 0 Å². The van der Waals surface area contributed by atoms with Gasteiger partial charge in [0.1, 0.15) is 11.2 Å². The molecule has 3 nitrogen and oxygen atoms in total. The highest BCUT2D eigenvalue weighted by Crippen LogP contribution is 2.50. The van der Waals surface area contributed by atoms with E-state index in [0.29, 0.717) is 5.82 Å². The Hall–Kier alpha value is -6.32. The molecule has 2 aromatic heterocycles. The fraction of sp³-hybridized carbons (Fsp3) is 0.0638. The minimum absolute atomic E-state index is 0.0612. The van der Waals surface area contributed by atoms with Crippen molar-refractivity contribution in [3.05, 3.63) is 169 Å². The van der Waals surface area contributed by atoms with Gasteiger partial charge in [0.2, 0.25) is 0 Å². The highest BCUT2D eigenvalue weighted by atomic mass is 16.3. The number of aromatic nitrogens is 2. The molecule has 3 heteroatoms. The summed E-state index contributed by atoms with van der Waals surface area (Å²) in [7, 11) is 0. The third-order valence-corrected chi connectivity index (χ3v) is 10.5. The van der Waals surface area contributed by atoms with Crippen molar-refractivity contribution in [2.75, 3.05) is 0 Å². The van der Waals surface area contributed by atoms with E-state index < -0.39 is 0 Å². The summed E-state index contributed by atoms with van der Waals surface area (Å²) < 4.78 is 6.27. The molecule has 10 rings (SSSR count). The molecule has 0 atom stereocenters. The Bertz CT molecular complexity index is 2790. The molecule has 0 aliphatic heterocycles. The highest BCUT2D eigenvalue weighted by Gasteiger charge is 2.35. The maximum absolute atomic E-state index is 6.27. The third kappa shape index (κ3) is 4.37. The fourth-order valence-corrected chi connectivity index (χ4v) is 7.98. The summed E-state index contributed by atoms with van der Waals surface area (Å²) in [6, 6.07) is 55.9. The molecule has 1 aliphatic carbocycles. The second kappa shape index (κ2) is 10.8. The molecular formula is C47H32N2O. The molecule has 9 aromatic rings. The maximum atomic E-state index is 6.27. The average molecular weight is 641 g/mol. The van der Waals surface area contributed by atoms with Crippen LogP contribution in [0.1, 0.15) is 25.0 Å². The normalized spacial score (nSPS) is 13.2. The van der Waals surface area contributed by atoms with Crippen LogP contribution in [0, 0.1) is 0 Å². The van der Waals surface area contributed by atoms with Crippen LogP contribution < -0.4 is 0 Å². The van der Waals surface area contributed by atoms with Gasteiger partial charge in [-0.2, -0.15) is 0 Å². The Kier molecular flexibility index (Phi) is 6.22. The van der Waals surface area contributed by atoms with Crippen LogP contribution in [-0.2, 0) is 5.41 Å². The van der Waals surface area contributed by atoms with Crippen LogP contribution in [0.2, 0.25) is 0 Å². The monoisotopic (exact) mass is 640 g/mol. The van der Waals surface area contributed by atoms with Gasteiger partial charge in [-0.15, -0.1) is 0 Å². The summed E-state index contributed by atoms with van der Waals surface area (Å²) in [6.07, 6.45) is 0. The molecule has 0 saturated carbocycles. The topological polar surface area (TPSA) is 38.9 Å². The Balaban J connectivity index is 1.14. The minimum atomic E-state index is -0.0612. The van der Waals surface area contributed by atoms with Gasteiger partial charge in [-0.25, -0.2) is 9.97 Å². The van der Waals surface area contributed by atoms with Crippen LogP contribution in [-0.4, -0.2) is 9.97 Å². The largest absolute Gasteiger partial charge is 0.456 e. The minimum Gasteiger partial charge on any atom is -0.456 e. The molecule has 0 saturated heterocycles. The molecule has 2 heterocycles. The van der Waals surface area contributed by atoms with Gasteiger partial charge in [0.05, 0.1) is 11.4 Å². The second-order valence-corrected chi connectivity index (χ2v) is 13.8. The lowest BCUT2D eigenvalue weighted by atomic mass is 9.81. The summed E-state index contributed by atoms with van der Waals surface area (Å²) >= 11 is 0. The van der Waals surface area contributed by atoms with Crippen LogP contribution in [0.3, 0.4) is 0 Å². The summed E-state index contributed by atoms with van der Waals surface area (Å²) in [5.74, 6) is 0.691. The zero-order chi connectivity index (χ0) is 33.4. The number of benzene rings is 7. The van der Waals surface area contributed by atoms with Crippen molar-refractivity contribution >= 4 is 32.7 Å². The number of rotatable bonds is 4. The first-order valence-electron chi connectivity index (χ1n) is 17.2. The Morgan fingerprint density at radius 1 is 0.400 bits per heavy atom. The van der Waals surface area contributed by atoms with Crippen molar-refractivity contribution in [3.8, 4) is 56.2 Å². The lowest BCUT2D eigenvalue weighted by Crippen LogP contribution is -2.14. The number of furan rings is 1. The summed E-state index contributed by atoms with van der Waals surface area (Å²) in [5, 5.41) is 4.57. The molecule has 0 spiro atoms. The smallest absolute Gasteiger partial charge is 0.160 e. The lowest BCUT2D eigenvalue weighted by Gasteiger charge is -2.22. The number of nitrogens with zero attached hydrogens (tertiary/aromatic N) is 2. The standard InChI is InChI=1S/C47H32N2O/c1-47(2)40-18-10-8-16-35(40)36-22-20-30(26-41(36)47)32-24-25-37(34-15-7-6-14-33(32)34)43-28-42(48-46(49-43)29-12-4-3-5-13-29)31-21-23-39-38-17-9-11-19-44(38)50-45(39)27-31/h3-28H,1-2H3. The number of hydrogen-bond donors (Lipinski definition) is 0. The Labute approximate surface area is 290 Å². The van der Waals surface area contributed by atoms with Crippen molar-refractivity contribution < 1.29 is 4.42 Å². The predicted octanol–water partition coefficient (Wildman–Crippen LogP) is 12.5. The van der Waals surface area contributed by atoms with Gasteiger partial charge in [-0.05, 0) is 74.5 Å². The Morgan fingerprint density at radius 2 is 1.02 bits per heavy atom. The third-order valence-electron chi connectivity index (χ3n) is 10.5. The molecule has 50 heavy (non-hydrogen) atoms. The maximum Gasteiger partial charge on any atom is 0.160 e. The molecule has 0 amide bonds. The predicted molar refractivity (Wildman–Crippen MR) is 206 cm³/mol. The van der Waals surface area contributed by atoms with Crippen molar-refractivity contribution in [2.24, 2.45) is 0 Å². The average Bonchev–Trinajstić information content (AvgIpc) is 3.66. The van der Waals surface area contributed by atoms with Crippen molar-refractivity contribution in [2.45, 2.75) is 19.3 Å². The van der Waals surface area contributed by atoms with E-state index in [1.807, 2.05) is 36.4 Å². The zero-order valence-corrected chi connectivity index (χ0v) is 27.8. The lowest BCUT2D eigenvalue weighted by molar-refractivity contribution is 0.660. The molecule has 1 aliphatic rings. The van der Waals surface area contributed by atoms with E-state index in [9.17, 15) is 0 Å². The molecule has 236 valence electrons. The van der Waals surface area contributed by atoms with Crippen molar-refractivity contribution in [1.82, 2.24) is 9.97 Å². The van der Waals surface area contributed by atoms with E-state index in [0.717, 1.165) is 55.4 Å². The van der Waals surface area contributed by atoms with Gasteiger partial charge in [0.15, 0.2) is 5.82 Å². The van der Waals surface area contributed by atoms with E-state index in [1.165, 1.54) is 38.8 Å². The first kappa shape index (κ1) is 28.7. The first-order chi connectivity index (χ1) is 24.5. The van der Waals surface area contributed by atoms with Crippen molar-refractivity contribution in [3.63, 3.8) is 0 Å². The van der Waals surface area contributed by atoms with Crippen LogP contribution in [0.15, 0.2) is 162 Å². The first-order valence-corrected chi connectivity index (χ1v) is 17.2. The zero-order valence-electron chi connectivity index (χ0n) is 27.8. The van der Waals surface area contributed by atoms with E-state index in [1.54, 1.807) is 0 Å². The van der Waals surface area contributed by atoms with E-state index in [4.69, 9.17) is 14.4 Å². The number of para-hydroxylation sites is 1. The fourth-order valence-electron chi connectivity index (χ4n) is 7.98. The molecule has 0 radical (unpaired) electrons. The molecule has 7 aromatic carbocycles. The highest BCUT2D eigenvalue weighted by molar-refractivity contribution is 6.07. The molecular weight excluding hydrogens is 609 g/mol. The molecule has 0 N–H and O–H groups in total. The molecule has 0 fully saturated rings. The van der Waals surface area contributed by atoms with E-state index >= 15 is 0 Å². The number of fused-ring (bicyclic) bond motifs is 7. The quantitative estimate of drug-likeness (QED) is 0.192. The summed E-state index contributed by atoms with van der Waals surface area (Å²) in [4.78, 5) is 10.3. The molecule has 0 bridgehead atoms. The Morgan fingerprint density at radius 3 is 1.88 bits per heavy atom. The summed E-state index contributed by atoms with van der Waals surface area (Å²) in [5.41, 5.74) is 14.3. The van der Waals surface area contributed by atoms with Gasteiger partial charge >= 0.3 is 0 Å². The number of hydrogen-bond acceptors (Lipinski definition) is 3. The summed E-state index contributed by atoms with van der Waals surface area (Å²) in [6.45, 7) is 4.68. The van der Waals surface area contributed by atoms with Crippen LogP contribution in [0.25, 0.3) is 88.9 Å². The van der Waals surface area contributed by atoms with Gasteiger partial charge in [-0.1, -0.05) is 141 Å². The molecule has 0 unspecified atom stereocenters.